The van der Waals surface area contributed by atoms with Crippen LogP contribution in [0.15, 0.2) is 85.0 Å². The van der Waals surface area contributed by atoms with Crippen molar-refractivity contribution < 1.29 is 112 Å². The van der Waals surface area contributed by atoms with Crippen molar-refractivity contribution in [1.82, 2.24) is 65.9 Å². The zero-order valence-corrected chi connectivity index (χ0v) is 95.4. The van der Waals surface area contributed by atoms with E-state index in [9.17, 15) is 81.9 Å². The van der Waals surface area contributed by atoms with Gasteiger partial charge in [0.15, 0.2) is 0 Å². The molecule has 0 bridgehead atoms. The number of aliphatic carboxylic acids is 4. The molecule has 4 rings (SSSR count). The van der Waals surface area contributed by atoms with Gasteiger partial charge in [-0.05, 0) is 138 Å². The van der Waals surface area contributed by atoms with Gasteiger partial charge >= 0.3 is 36.1 Å². The second-order valence-electron chi connectivity index (χ2n) is 39.3. The number of imide groups is 2. The van der Waals surface area contributed by atoms with Crippen molar-refractivity contribution in [1.29, 1.82) is 0 Å². The minimum absolute atomic E-state index is 0.0552. The van der Waals surface area contributed by atoms with E-state index in [-0.39, 0.29) is 112 Å². The van der Waals surface area contributed by atoms with Crippen molar-refractivity contribution in [3.8, 4) is 0 Å². The second kappa shape index (κ2) is 74.0. The minimum atomic E-state index is -1.31. The fraction of sp³-hybridized carbons (Fsp3) is 0.686. The molecule has 0 aromatic heterocycles. The molecule has 2 aliphatic heterocycles. The zero-order chi connectivity index (χ0) is 111. The van der Waals surface area contributed by atoms with Crippen LogP contribution in [0.4, 0.5) is 9.59 Å². The molecule has 12 amide bonds. The highest BCUT2D eigenvalue weighted by Crippen LogP contribution is 2.36. The third-order valence-corrected chi connectivity index (χ3v) is 26.7. The minimum Gasteiger partial charge on any atom is -0.481 e. The molecule has 2 saturated heterocycles. The maximum absolute atomic E-state index is 13.3. The van der Waals surface area contributed by atoms with E-state index in [1.54, 1.807) is 103 Å². The number of nitrogens with one attached hydrogen (secondary N) is 5. The lowest BCUT2D eigenvalue weighted by Crippen LogP contribution is -2.55. The first-order valence-corrected chi connectivity index (χ1v) is 54.0. The molecule has 0 saturated carbocycles. The summed E-state index contributed by atoms with van der Waals surface area (Å²) in [5, 5.41) is 56.8. The van der Waals surface area contributed by atoms with Crippen molar-refractivity contribution in [2.24, 2.45) is 45.8 Å². The van der Waals surface area contributed by atoms with Crippen LogP contribution in [0.3, 0.4) is 0 Å². The number of hydrogen-bond donors (Lipinski definition) is 10. The van der Waals surface area contributed by atoms with E-state index in [1.807, 2.05) is 204 Å². The molecule has 0 aliphatic carbocycles. The molecule has 10 N–H and O–H groups in total. The lowest BCUT2D eigenvalue weighted by Gasteiger charge is -2.33. The van der Waals surface area contributed by atoms with Crippen molar-refractivity contribution in [3.63, 3.8) is 0 Å². The standard InChI is InChI=1S/C21H32N2O3.C18H23NO3S.C17H33N3O3.C15H29N3O4S.C15H31N3O2S.C7H15NO2S.C6H10O2S.C3H4O4/c1-6-7-13-17(15-22(4)5)19(24)23-18(21(2,3)26-20(23)25)14-16-11-9-8-10-12-16;1-5-23-12-13(2)16(20)19-15(18(3,4)22-17(19)21)11-14-9-7-6-8-10-14;1-8-9-10-13(11-20(7)12-21)15(22)18-14(17(2,3)4)16(23)19(5)6;1-7-23-9-11(8-18(22)10-19)13(20)16-12(15(2,3)4)14(21)17(5)6;1-8-21-10-11(9-16-5)13(19)17-12(15(2,3)4)14(20)18(6)7;1-3-11-5-6(4-8-2)7(9)10;1-3-9-4-5(2)6(7)8;4-2(5)1-3(6)7/h8-12,17-18H,6-7,13-15H2,1-5H3;6-10,15H,2,5,11-12H2,1,3-4H3;12-14H,8-11H2,1-7H3,(H,18,22);10-12,22H,7-9H2,1-6H3,(H,16,20);11-12,16H,8-10H2,1-7H3,(H,17,19);6,8H,3-5H2,1-2H3,(H,9,10);2-4H2,1H3,(H,7,8);1H2,(H,4,5)(H,6,7)/t17-,18+;15-;13-,14-;2*11-,12+;6-;;/m101000../s1. The van der Waals surface area contributed by atoms with Crippen LogP contribution in [0.1, 0.15) is 195 Å². The number of unbranched alkanes of at least 4 members (excludes halogenated alkanes) is 2. The average molecular weight is 2110 g/mol. The van der Waals surface area contributed by atoms with Crippen molar-refractivity contribution in [3.05, 3.63) is 96.1 Å². The van der Waals surface area contributed by atoms with Crippen LogP contribution in [0, 0.1) is 45.8 Å². The van der Waals surface area contributed by atoms with Gasteiger partial charge in [0, 0.05) is 115 Å². The van der Waals surface area contributed by atoms with Gasteiger partial charge < -0.3 is 81.0 Å². The fourth-order valence-electron chi connectivity index (χ4n) is 13.5. The highest BCUT2D eigenvalue weighted by Gasteiger charge is 2.53. The van der Waals surface area contributed by atoms with E-state index in [0.29, 0.717) is 79.1 Å². The molecular formula is C102H177N13O23S5. The van der Waals surface area contributed by atoms with Crippen molar-refractivity contribution in [2.45, 2.75) is 238 Å². The summed E-state index contributed by atoms with van der Waals surface area (Å²) >= 11 is 8.11. The zero-order valence-electron chi connectivity index (χ0n) is 91.3. The number of nitrogens with zero attached hydrogens (tertiary/aromatic N) is 8. The summed E-state index contributed by atoms with van der Waals surface area (Å²) in [7, 11) is 19.3. The van der Waals surface area contributed by atoms with E-state index >= 15 is 0 Å². The molecular weight excluding hydrogens is 1940 g/mol. The number of rotatable bonds is 52. The van der Waals surface area contributed by atoms with Gasteiger partial charge in [0.25, 0.3) is 5.91 Å². The van der Waals surface area contributed by atoms with E-state index in [2.05, 4.69) is 60.5 Å². The first-order valence-electron chi connectivity index (χ1n) is 48.3. The Kier molecular flexibility index (Phi) is 72.6. The molecule has 36 nitrogen and oxygen atoms in total. The van der Waals surface area contributed by atoms with Gasteiger partial charge in [0.2, 0.25) is 54.2 Å². The summed E-state index contributed by atoms with van der Waals surface area (Å²) in [5.74, 6) is 0.529. The average Bonchev–Trinajstić information content (AvgIpc) is 1.62. The Morgan fingerprint density at radius 1 is 0.462 bits per heavy atom. The summed E-state index contributed by atoms with van der Waals surface area (Å²) in [6.07, 6.45) is 5.64. The van der Waals surface area contributed by atoms with Gasteiger partial charge in [0.05, 0.1) is 48.2 Å². The van der Waals surface area contributed by atoms with E-state index in [0.717, 1.165) is 84.2 Å². The topological polar surface area (TPSA) is 479 Å². The third kappa shape index (κ3) is 58.8. The van der Waals surface area contributed by atoms with Crippen LogP contribution in [-0.4, -0.2) is 370 Å². The number of thioether (sulfide) groups is 5. The number of hydroxylamine groups is 2. The van der Waals surface area contributed by atoms with Crippen LogP contribution < -0.4 is 26.6 Å². The van der Waals surface area contributed by atoms with Gasteiger partial charge in [-0.15, -0.1) is 0 Å². The van der Waals surface area contributed by atoms with E-state index in [4.69, 9.17) is 29.9 Å². The number of carbonyl (C=O) groups is 16. The number of cyclic esters (lactones) is 2. The smallest absolute Gasteiger partial charge is 0.417 e. The Morgan fingerprint density at radius 2 is 0.797 bits per heavy atom. The molecule has 2 aromatic rings. The summed E-state index contributed by atoms with van der Waals surface area (Å²) < 4.78 is 11.0. The number of benzene rings is 2. The summed E-state index contributed by atoms with van der Waals surface area (Å²) in [5.41, 5.74) is 0.294. The van der Waals surface area contributed by atoms with Gasteiger partial charge in [-0.2, -0.15) is 58.8 Å². The Morgan fingerprint density at radius 3 is 1.11 bits per heavy atom. The predicted octanol–water partition coefficient (Wildman–Crippen LogP) is 12.5. The third-order valence-electron chi connectivity index (χ3n) is 21.6. The van der Waals surface area contributed by atoms with Crippen molar-refractivity contribution >= 4 is 155 Å². The molecule has 2 heterocycles. The Balaban J connectivity index is -0.000000793. The number of carboxylic acids is 4. The molecule has 41 heteroatoms. The highest BCUT2D eigenvalue weighted by atomic mass is 32.2. The number of ether oxygens (including phenoxy) is 2. The van der Waals surface area contributed by atoms with E-state index < -0.39 is 83.1 Å². The summed E-state index contributed by atoms with van der Waals surface area (Å²) in [4.78, 5) is 197. The lowest BCUT2D eigenvalue weighted by molar-refractivity contribution is -0.154. The summed E-state index contributed by atoms with van der Waals surface area (Å²) in [6, 6.07) is 17.4. The summed E-state index contributed by atoms with van der Waals surface area (Å²) in [6.45, 7) is 48.3. The first-order chi connectivity index (χ1) is 66.4. The number of carbonyl (C=O) groups excluding carboxylic acids is 12. The maximum Gasteiger partial charge on any atom is 0.417 e. The molecule has 0 spiro atoms. The molecule has 818 valence electrons. The fourth-order valence-corrected chi connectivity index (χ4v) is 17.0. The van der Waals surface area contributed by atoms with Gasteiger partial charge in [-0.1, -0.05) is 210 Å². The molecule has 2 fully saturated rings. The number of hydrogen-bond acceptors (Lipinski definition) is 27. The molecule has 0 radical (unpaired) electrons. The van der Waals surface area contributed by atoms with Gasteiger partial charge in [-0.25, -0.2) is 29.2 Å². The van der Waals surface area contributed by atoms with Crippen LogP contribution in [0.2, 0.25) is 0 Å². The number of likely N-dealkylation sites (N-methyl/N-ethyl adjacent to an activating group) is 3. The molecule has 10 atom stereocenters. The van der Waals surface area contributed by atoms with Crippen LogP contribution in [-0.2, 0) is 89.4 Å². The quantitative estimate of drug-likeness (QED) is 0.00967. The normalized spacial score (nSPS) is 15.4. The predicted molar refractivity (Wildman–Crippen MR) is 578 cm³/mol. The van der Waals surface area contributed by atoms with Crippen molar-refractivity contribution in [2.75, 3.05) is 168 Å². The largest absolute Gasteiger partial charge is 0.481 e. The van der Waals surface area contributed by atoms with Crippen LogP contribution >= 0.6 is 58.8 Å². The monoisotopic (exact) mass is 2110 g/mol. The lowest BCUT2D eigenvalue weighted by atomic mass is 9.85. The van der Waals surface area contributed by atoms with Crippen LogP contribution in [0.25, 0.3) is 0 Å². The maximum atomic E-state index is 13.3. The Bertz CT molecular complexity index is 4080. The molecule has 143 heavy (non-hydrogen) atoms. The SMILES string of the molecule is C=C(CSCC)C(=O)N1C(=O)OC(C)(C)[C@@H]1Cc1ccccc1.C=C(CSCC)C(=O)O.CCCC[C@H](CN(C)C)C(=O)N1C(=O)OC(C)(C)[C@@H]1Cc1ccccc1.CCCC[C@H](CN(C)C=O)C(=O)N[C@H](C(=O)N(C)C)C(C)(C)C.CCSC[C@H](CN(O)C=O)C(=O)N[C@H](C(=O)N(C)C)C(C)(C)C.CCSC[C@H](CNC)C(=O)N[C@H](C(=O)N(C)C)C(C)(C)C.CCSC[C@H](CNC)C(=O)O.O=C(O)CC(=O)O. The molecule has 2 aliphatic rings. The van der Waals surface area contributed by atoms with Crippen LogP contribution in [0.5, 0.6) is 0 Å². The Labute approximate surface area is 874 Å². The van der Waals surface area contributed by atoms with Gasteiger partial charge in [0.1, 0.15) is 35.7 Å². The van der Waals surface area contributed by atoms with Gasteiger partial charge in [-0.3, -0.25) is 67.5 Å². The molecule has 0 unspecified atom stereocenters. The Hall–Kier alpha value is -8.97. The number of amides is 12. The number of carboxylic acid groups (broad SMARTS) is 4. The first kappa shape index (κ1) is 140. The highest BCUT2D eigenvalue weighted by molar-refractivity contribution is 8.00. The van der Waals surface area contributed by atoms with E-state index in [1.165, 1.54) is 41.2 Å². The molecule has 2 aromatic carbocycles. The second-order valence-corrected chi connectivity index (χ2v) is 45.9.